The van der Waals surface area contributed by atoms with Gasteiger partial charge in [0, 0.05) is 30.3 Å². The fraction of sp³-hybridized carbons (Fsp3) is 0.433. The summed E-state index contributed by atoms with van der Waals surface area (Å²) in [6.45, 7) is 8.95. The van der Waals surface area contributed by atoms with Gasteiger partial charge in [-0.15, -0.1) is 0 Å². The number of halogens is 3. The summed E-state index contributed by atoms with van der Waals surface area (Å²) in [6, 6.07) is 7.88. The zero-order chi connectivity index (χ0) is 28.4. The molecule has 7 nitrogen and oxygen atoms in total. The van der Waals surface area contributed by atoms with Crippen LogP contribution in [-0.2, 0) is 4.79 Å². The summed E-state index contributed by atoms with van der Waals surface area (Å²) < 4.78 is 50.5. The molecule has 1 N–H and O–H groups in total. The van der Waals surface area contributed by atoms with E-state index in [0.717, 1.165) is 38.7 Å². The van der Waals surface area contributed by atoms with Crippen LogP contribution in [0.4, 0.5) is 30.5 Å². The topological polar surface area (TPSA) is 70.6 Å². The molecule has 0 saturated carbocycles. The van der Waals surface area contributed by atoms with E-state index in [4.69, 9.17) is 4.74 Å². The van der Waals surface area contributed by atoms with E-state index in [1.54, 1.807) is 25.1 Å². The number of aromatic nitrogens is 2. The largest absolute Gasteiger partial charge is 0.486 e. The summed E-state index contributed by atoms with van der Waals surface area (Å²) in [5, 5.41) is 2.95. The van der Waals surface area contributed by atoms with Crippen molar-refractivity contribution < 1.29 is 22.7 Å². The second-order valence-corrected chi connectivity index (χ2v) is 10.8. The maximum atomic E-state index is 15.1. The molecule has 3 heterocycles. The van der Waals surface area contributed by atoms with Crippen LogP contribution in [0.3, 0.4) is 0 Å². The van der Waals surface area contributed by atoms with Crippen molar-refractivity contribution in [1.82, 2.24) is 14.9 Å². The average Bonchev–Trinajstić information content (AvgIpc) is 2.93. The van der Waals surface area contributed by atoms with Crippen LogP contribution in [0.25, 0.3) is 11.3 Å². The SMILES string of the molecule is CC(=O)CCN1CCC(c2ccc(Nc3ncc(F)c(-c4cc(F)c5c(c4)N(C(C)C)CCO5)n3)cc2F)CC1. The van der Waals surface area contributed by atoms with Crippen molar-refractivity contribution in [1.29, 1.82) is 0 Å². The van der Waals surface area contributed by atoms with Gasteiger partial charge in [-0.3, -0.25) is 4.79 Å². The number of nitrogens with one attached hydrogen (secondary N) is 1. The Hall–Kier alpha value is -3.66. The summed E-state index contributed by atoms with van der Waals surface area (Å²) in [5.74, 6) is -1.13. The summed E-state index contributed by atoms with van der Waals surface area (Å²) >= 11 is 0. The third-order valence-corrected chi connectivity index (χ3v) is 7.62. The van der Waals surface area contributed by atoms with E-state index in [2.05, 4.69) is 20.2 Å². The van der Waals surface area contributed by atoms with Crippen molar-refractivity contribution in [3.8, 4) is 17.0 Å². The number of Topliss-reactive ketones (excluding diaryl/α,β-unsaturated/α-hetero) is 1. The lowest BCUT2D eigenvalue weighted by atomic mass is 9.89. The van der Waals surface area contributed by atoms with Gasteiger partial charge in [0.2, 0.25) is 5.95 Å². The number of likely N-dealkylation sites (tertiary alicyclic amines) is 1. The molecule has 1 fully saturated rings. The van der Waals surface area contributed by atoms with Crippen molar-refractivity contribution in [2.75, 3.05) is 43.0 Å². The third kappa shape index (κ3) is 6.06. The standard InChI is InChI=1S/C30H34F3N5O2/c1-18(2)38-12-13-40-29-25(32)14-21(15-27(29)38)28-26(33)17-34-30(36-28)35-22-4-5-23(24(31)16-22)20-7-10-37(11-8-20)9-6-19(3)39/h4-5,14-18,20H,6-13H2,1-3H3,(H,34,35,36). The number of ketones is 1. The Morgan fingerprint density at radius 3 is 2.55 bits per heavy atom. The second kappa shape index (κ2) is 11.8. The maximum absolute atomic E-state index is 15.1. The monoisotopic (exact) mass is 553 g/mol. The average molecular weight is 554 g/mol. The number of anilines is 3. The van der Waals surface area contributed by atoms with Crippen LogP contribution >= 0.6 is 0 Å². The van der Waals surface area contributed by atoms with Crippen LogP contribution in [-0.4, -0.2) is 59.5 Å². The highest BCUT2D eigenvalue weighted by Gasteiger charge is 2.26. The molecule has 0 spiro atoms. The number of carbonyl (C=O) groups excluding carboxylic acids is 1. The minimum Gasteiger partial charge on any atom is -0.486 e. The molecule has 2 aliphatic rings. The highest BCUT2D eigenvalue weighted by atomic mass is 19.1. The van der Waals surface area contributed by atoms with Crippen LogP contribution in [0.1, 0.15) is 51.5 Å². The number of nitrogens with zero attached hydrogens (tertiary/aromatic N) is 4. The molecule has 212 valence electrons. The number of carbonyl (C=O) groups is 1. The first-order valence-corrected chi connectivity index (χ1v) is 13.7. The van der Waals surface area contributed by atoms with Crippen LogP contribution in [0.15, 0.2) is 36.5 Å². The van der Waals surface area contributed by atoms with Crippen molar-refractivity contribution >= 4 is 23.1 Å². The number of hydrogen-bond acceptors (Lipinski definition) is 7. The van der Waals surface area contributed by atoms with Crippen LogP contribution < -0.4 is 15.0 Å². The van der Waals surface area contributed by atoms with Crippen molar-refractivity contribution in [3.63, 3.8) is 0 Å². The molecule has 2 aromatic carbocycles. The Kier molecular flexibility index (Phi) is 8.25. The Labute approximate surface area is 232 Å². The molecule has 0 atom stereocenters. The molecule has 0 aliphatic carbocycles. The number of piperidine rings is 1. The first kappa shape index (κ1) is 27.9. The summed E-state index contributed by atoms with van der Waals surface area (Å²) in [6.07, 6.45) is 3.20. The van der Waals surface area contributed by atoms with Gasteiger partial charge in [-0.05, 0) is 82.4 Å². The van der Waals surface area contributed by atoms with E-state index in [0.29, 0.717) is 36.5 Å². The summed E-state index contributed by atoms with van der Waals surface area (Å²) in [4.78, 5) is 23.8. The van der Waals surface area contributed by atoms with Gasteiger partial charge in [-0.1, -0.05) is 6.07 Å². The zero-order valence-electron chi connectivity index (χ0n) is 23.0. The van der Waals surface area contributed by atoms with Gasteiger partial charge in [0.05, 0.1) is 18.4 Å². The lowest BCUT2D eigenvalue weighted by Gasteiger charge is -2.34. The van der Waals surface area contributed by atoms with E-state index < -0.39 is 11.6 Å². The quantitative estimate of drug-likeness (QED) is 0.363. The van der Waals surface area contributed by atoms with E-state index in [9.17, 15) is 13.6 Å². The van der Waals surface area contributed by atoms with Crippen LogP contribution in [0, 0.1) is 17.5 Å². The predicted octanol–water partition coefficient (Wildman–Crippen LogP) is 6.07. The van der Waals surface area contributed by atoms with Crippen LogP contribution in [0.2, 0.25) is 0 Å². The third-order valence-electron chi connectivity index (χ3n) is 7.62. The van der Waals surface area contributed by atoms with Gasteiger partial charge >= 0.3 is 0 Å². The van der Waals surface area contributed by atoms with Gasteiger partial charge in [0.25, 0.3) is 0 Å². The molecule has 0 amide bonds. The fourth-order valence-corrected chi connectivity index (χ4v) is 5.45. The predicted molar refractivity (Wildman–Crippen MR) is 149 cm³/mol. The maximum Gasteiger partial charge on any atom is 0.227 e. The lowest BCUT2D eigenvalue weighted by molar-refractivity contribution is -0.117. The normalized spacial score (nSPS) is 16.1. The number of ether oxygens (including phenoxy) is 1. The molecule has 0 unspecified atom stereocenters. The van der Waals surface area contributed by atoms with Crippen molar-refractivity contribution in [2.24, 2.45) is 0 Å². The Bertz CT molecular complexity index is 1390. The zero-order valence-corrected chi connectivity index (χ0v) is 23.0. The highest BCUT2D eigenvalue weighted by Crippen LogP contribution is 2.39. The molecule has 1 saturated heterocycles. The lowest BCUT2D eigenvalue weighted by Crippen LogP contribution is -2.38. The minimum atomic E-state index is -0.700. The Morgan fingerprint density at radius 1 is 1.07 bits per heavy atom. The summed E-state index contributed by atoms with van der Waals surface area (Å²) in [7, 11) is 0. The van der Waals surface area contributed by atoms with Crippen LogP contribution in [0.5, 0.6) is 5.75 Å². The molecule has 0 radical (unpaired) electrons. The molecule has 2 aliphatic heterocycles. The van der Waals surface area contributed by atoms with Crippen molar-refractivity contribution in [2.45, 2.75) is 52.0 Å². The molecule has 0 bridgehead atoms. The fourth-order valence-electron chi connectivity index (χ4n) is 5.45. The van der Waals surface area contributed by atoms with E-state index in [1.807, 2.05) is 18.7 Å². The number of rotatable bonds is 8. The van der Waals surface area contributed by atoms with Gasteiger partial charge < -0.3 is 19.9 Å². The van der Waals surface area contributed by atoms with Gasteiger partial charge in [-0.2, -0.15) is 0 Å². The molecule has 40 heavy (non-hydrogen) atoms. The number of fused-ring (bicyclic) bond motifs is 1. The number of benzene rings is 2. The van der Waals surface area contributed by atoms with E-state index >= 15 is 4.39 Å². The van der Waals surface area contributed by atoms with Gasteiger partial charge in [0.1, 0.15) is 23.9 Å². The molecule has 1 aromatic heterocycles. The Balaban J connectivity index is 1.32. The Morgan fingerprint density at radius 2 is 1.85 bits per heavy atom. The molecule has 3 aromatic rings. The first-order chi connectivity index (χ1) is 19.2. The van der Waals surface area contributed by atoms with Gasteiger partial charge in [0.15, 0.2) is 17.4 Å². The first-order valence-electron chi connectivity index (χ1n) is 13.7. The molecule has 5 rings (SSSR count). The second-order valence-electron chi connectivity index (χ2n) is 10.8. The summed E-state index contributed by atoms with van der Waals surface area (Å²) in [5.41, 5.74) is 1.81. The number of hydrogen-bond donors (Lipinski definition) is 1. The highest BCUT2D eigenvalue weighted by molar-refractivity contribution is 5.75. The minimum absolute atomic E-state index is 0.0671. The van der Waals surface area contributed by atoms with Gasteiger partial charge in [-0.25, -0.2) is 23.1 Å². The molecular formula is C30H34F3N5O2. The smallest absolute Gasteiger partial charge is 0.227 e. The van der Waals surface area contributed by atoms with Crippen molar-refractivity contribution in [3.05, 3.63) is 59.5 Å². The van der Waals surface area contributed by atoms with E-state index in [1.165, 1.54) is 12.1 Å². The van der Waals surface area contributed by atoms with E-state index in [-0.39, 0.29) is 46.5 Å². The molecular weight excluding hydrogens is 519 g/mol. The molecule has 10 heteroatoms.